The van der Waals surface area contributed by atoms with Crippen molar-refractivity contribution in [2.24, 2.45) is 34.6 Å². The van der Waals surface area contributed by atoms with Gasteiger partial charge in [-0.25, -0.2) is 0 Å². The lowest BCUT2D eigenvalue weighted by Gasteiger charge is -2.64. The van der Waals surface area contributed by atoms with Crippen LogP contribution in [0.3, 0.4) is 0 Å². The summed E-state index contributed by atoms with van der Waals surface area (Å²) in [6.07, 6.45) is 6.02. The molecule has 8 N–H and O–H groups in total. The van der Waals surface area contributed by atoms with Crippen molar-refractivity contribution in [2.45, 2.75) is 75.0 Å². The lowest BCUT2D eigenvalue weighted by atomic mass is 9.40. The Morgan fingerprint density at radius 2 is 1.53 bits per heavy atom. The van der Waals surface area contributed by atoms with E-state index in [1.807, 2.05) is 36.6 Å². The third-order valence-electron chi connectivity index (χ3n) is 10.9. The molecule has 4 aliphatic carbocycles. The Bertz CT molecular complexity index is 1550. The Hall–Kier alpha value is -3.65. The van der Waals surface area contributed by atoms with Crippen molar-refractivity contribution in [3.63, 3.8) is 0 Å². The number of hydrogen-bond acceptors (Lipinski definition) is 10. The molecule has 0 aromatic heterocycles. The van der Waals surface area contributed by atoms with Gasteiger partial charge in [-0.1, -0.05) is 42.5 Å². The molecule has 3 amide bonds. The van der Waals surface area contributed by atoms with E-state index in [4.69, 9.17) is 16.2 Å². The van der Waals surface area contributed by atoms with Crippen molar-refractivity contribution < 1.29 is 33.8 Å². The second-order valence-corrected chi connectivity index (χ2v) is 15.2. The highest BCUT2D eigenvalue weighted by Crippen LogP contribution is 2.64. The topological polar surface area (TPSA) is 203 Å². The molecular formula is C37H50ClN5O7S. The fourth-order valence-corrected chi connectivity index (χ4v) is 9.15. The first-order chi connectivity index (χ1) is 23.9. The highest BCUT2D eigenvalue weighted by molar-refractivity contribution is 7.98. The minimum absolute atomic E-state index is 0. The Kier molecular flexibility index (Phi) is 13.6. The molecule has 0 spiro atoms. The van der Waals surface area contributed by atoms with Crippen LogP contribution in [0.4, 0.5) is 0 Å². The Morgan fingerprint density at radius 3 is 2.14 bits per heavy atom. The summed E-state index contributed by atoms with van der Waals surface area (Å²) < 4.78 is 5.30. The first-order valence-electron chi connectivity index (χ1n) is 17.3. The van der Waals surface area contributed by atoms with Crippen LogP contribution in [0.15, 0.2) is 54.6 Å². The van der Waals surface area contributed by atoms with Crippen molar-refractivity contribution in [1.82, 2.24) is 16.0 Å². The van der Waals surface area contributed by atoms with Gasteiger partial charge < -0.3 is 37.3 Å². The molecule has 4 bridgehead atoms. The number of thioether (sulfide) groups is 1. The number of carbonyl (C=O) groups excluding carboxylic acids is 5. The summed E-state index contributed by atoms with van der Waals surface area (Å²) in [5.41, 5.74) is 12.2. The molecular weight excluding hydrogens is 694 g/mol. The maximum absolute atomic E-state index is 14.7. The number of nitrogens with one attached hydrogen (secondary N) is 3. The van der Waals surface area contributed by atoms with Crippen LogP contribution in [-0.4, -0.2) is 83.9 Å². The third kappa shape index (κ3) is 8.70. The van der Waals surface area contributed by atoms with Crippen molar-refractivity contribution >= 4 is 53.6 Å². The largest absolute Gasteiger partial charge is 0.508 e. The van der Waals surface area contributed by atoms with Crippen molar-refractivity contribution in [2.75, 3.05) is 25.7 Å². The number of Topliss-reactive ketones (excluding diaryl/α,β-unsaturated/α-hetero) is 1. The number of carbonyl (C=O) groups is 5. The predicted molar refractivity (Wildman–Crippen MR) is 197 cm³/mol. The molecule has 12 nitrogen and oxygen atoms in total. The Morgan fingerprint density at radius 1 is 0.902 bits per heavy atom. The summed E-state index contributed by atoms with van der Waals surface area (Å²) in [6, 6.07) is 12.6. The number of benzene rings is 2. The van der Waals surface area contributed by atoms with Gasteiger partial charge in [-0.15, -0.1) is 12.4 Å². The molecule has 0 aliphatic heterocycles. The smallest absolute Gasteiger partial charge is 0.314 e. The van der Waals surface area contributed by atoms with E-state index >= 15 is 0 Å². The Balaban J connectivity index is 0.00000583. The molecule has 0 saturated heterocycles. The molecule has 3 unspecified atom stereocenters. The molecule has 2 aromatic rings. The molecule has 4 aliphatic rings. The molecule has 6 atom stereocenters. The molecule has 14 heteroatoms. The van der Waals surface area contributed by atoms with Gasteiger partial charge in [-0.05, 0) is 104 Å². The van der Waals surface area contributed by atoms with E-state index in [-0.39, 0.29) is 36.9 Å². The SMILES string of the molecule is COC(=O)C12CC3CC(CC(C3)C1(N)C(=O)[C@H](Cc1ccccc1)NC(=O)CNC(=O)[C@@H](CCSC)NC(=O)[C@@H](N)Cc1ccc(O)cc1)C2.Cl. The Labute approximate surface area is 309 Å². The second-order valence-electron chi connectivity index (χ2n) is 14.2. The molecule has 0 radical (unpaired) electrons. The number of aromatic hydroxyl groups is 1. The number of methoxy groups -OCH3 is 1. The average Bonchev–Trinajstić information content (AvgIpc) is 3.11. The zero-order chi connectivity index (χ0) is 36.1. The molecule has 2 aromatic carbocycles. The first kappa shape index (κ1) is 40.1. The van der Waals surface area contributed by atoms with Gasteiger partial charge in [0.15, 0.2) is 5.78 Å². The molecule has 278 valence electrons. The molecule has 51 heavy (non-hydrogen) atoms. The third-order valence-corrected chi connectivity index (χ3v) is 11.6. The van der Waals surface area contributed by atoms with Gasteiger partial charge in [-0.3, -0.25) is 24.0 Å². The highest BCUT2D eigenvalue weighted by Gasteiger charge is 2.71. The van der Waals surface area contributed by atoms with Gasteiger partial charge in [0.2, 0.25) is 17.7 Å². The zero-order valence-electron chi connectivity index (χ0n) is 29.1. The van der Waals surface area contributed by atoms with Crippen LogP contribution in [0.2, 0.25) is 0 Å². The lowest BCUT2D eigenvalue weighted by Crippen LogP contribution is -2.77. The van der Waals surface area contributed by atoms with Gasteiger partial charge in [0, 0.05) is 0 Å². The maximum Gasteiger partial charge on any atom is 0.314 e. The number of hydrogen-bond donors (Lipinski definition) is 6. The number of rotatable bonds is 16. The number of esters is 1. The summed E-state index contributed by atoms with van der Waals surface area (Å²) in [4.78, 5) is 68.0. The van der Waals surface area contributed by atoms with E-state index in [9.17, 15) is 29.1 Å². The van der Waals surface area contributed by atoms with Gasteiger partial charge >= 0.3 is 5.97 Å². The van der Waals surface area contributed by atoms with E-state index < -0.39 is 65.1 Å². The normalized spacial score (nSPS) is 26.2. The lowest BCUT2D eigenvalue weighted by molar-refractivity contribution is -0.189. The van der Waals surface area contributed by atoms with Crippen molar-refractivity contribution in [1.29, 1.82) is 0 Å². The number of ether oxygens (including phenoxy) is 1. The standard InChI is InChI=1S/C37H49N5O7S.ClH/c1-49-35(48)36-19-24-14-25(20-36)16-26(15-24)37(36,39)32(45)30(18-22-6-4-3-5-7-22)41-31(44)21-40-34(47)29(12-13-50-2)42-33(46)28(38)17-23-8-10-27(43)11-9-23;/h3-11,24-26,28-30,43H,12-21,38-39H2,1-2H3,(H,40,47)(H,41,44)(H,42,46);1H/t24?,25?,26?,28-,29+,30-,36?,37?;/m0./s1. The fourth-order valence-electron chi connectivity index (χ4n) is 8.68. The van der Waals surface area contributed by atoms with Crippen LogP contribution in [0.5, 0.6) is 5.75 Å². The van der Waals surface area contributed by atoms with Gasteiger partial charge in [0.1, 0.15) is 11.8 Å². The van der Waals surface area contributed by atoms with Crippen molar-refractivity contribution in [3.8, 4) is 5.75 Å². The minimum atomic E-state index is -1.52. The van der Waals surface area contributed by atoms with Gasteiger partial charge in [0.25, 0.3) is 0 Å². The number of nitrogens with two attached hydrogens (primary N) is 2. The second kappa shape index (κ2) is 17.2. The number of phenols is 1. The summed E-state index contributed by atoms with van der Waals surface area (Å²) in [5, 5.41) is 17.7. The summed E-state index contributed by atoms with van der Waals surface area (Å²) in [7, 11) is 1.33. The number of phenolic OH excluding ortho intramolecular Hbond substituents is 1. The average molecular weight is 744 g/mol. The monoisotopic (exact) mass is 743 g/mol. The summed E-state index contributed by atoms with van der Waals surface area (Å²) >= 11 is 1.50. The first-order valence-corrected chi connectivity index (χ1v) is 18.6. The van der Waals surface area contributed by atoms with E-state index in [2.05, 4.69) is 16.0 Å². The van der Waals surface area contributed by atoms with Crippen LogP contribution >= 0.6 is 24.2 Å². The van der Waals surface area contributed by atoms with Gasteiger partial charge in [-0.2, -0.15) is 11.8 Å². The minimum Gasteiger partial charge on any atom is -0.508 e. The predicted octanol–water partition coefficient (Wildman–Crippen LogP) is 2.03. The fraction of sp³-hybridized carbons (Fsp3) is 0.541. The molecule has 0 heterocycles. The molecule has 6 rings (SSSR count). The highest BCUT2D eigenvalue weighted by atomic mass is 35.5. The van der Waals surface area contributed by atoms with Crippen LogP contribution in [-0.2, 0) is 41.6 Å². The van der Waals surface area contributed by atoms with Gasteiger partial charge in [0.05, 0.1) is 36.7 Å². The van der Waals surface area contributed by atoms with Crippen LogP contribution in [0, 0.1) is 23.2 Å². The van der Waals surface area contributed by atoms with Crippen molar-refractivity contribution in [3.05, 3.63) is 65.7 Å². The van der Waals surface area contributed by atoms with Crippen LogP contribution in [0.25, 0.3) is 0 Å². The molecule has 4 fully saturated rings. The van der Waals surface area contributed by atoms with E-state index in [0.29, 0.717) is 36.9 Å². The quantitative estimate of drug-likeness (QED) is 0.138. The molecule has 4 saturated carbocycles. The van der Waals surface area contributed by atoms with Crippen LogP contribution < -0.4 is 27.4 Å². The summed E-state index contributed by atoms with van der Waals surface area (Å²) in [5.74, 6) is -1.51. The van der Waals surface area contributed by atoms with Crippen LogP contribution in [0.1, 0.15) is 49.7 Å². The van der Waals surface area contributed by atoms with E-state index in [0.717, 1.165) is 30.4 Å². The van der Waals surface area contributed by atoms with E-state index in [1.54, 1.807) is 12.1 Å². The number of amides is 3. The maximum atomic E-state index is 14.7. The summed E-state index contributed by atoms with van der Waals surface area (Å²) in [6.45, 7) is -0.449. The van der Waals surface area contributed by atoms with E-state index in [1.165, 1.54) is 31.0 Å². The zero-order valence-corrected chi connectivity index (χ0v) is 30.7. The number of ketones is 1. The number of halogens is 1.